The Bertz CT molecular complexity index is 905. The zero-order valence-corrected chi connectivity index (χ0v) is 14.7. The van der Waals surface area contributed by atoms with Gasteiger partial charge < -0.3 is 4.90 Å². The molecule has 0 aliphatic carbocycles. The molecule has 1 fully saturated rings. The lowest BCUT2D eigenvalue weighted by Crippen LogP contribution is -2.40. The van der Waals surface area contributed by atoms with Crippen molar-refractivity contribution in [1.82, 2.24) is 24.6 Å². The molecule has 1 aliphatic rings. The van der Waals surface area contributed by atoms with E-state index < -0.39 is 0 Å². The Balaban J connectivity index is 1.69. The average molecular weight is 347 g/mol. The van der Waals surface area contributed by atoms with Crippen LogP contribution < -0.4 is 0 Å². The summed E-state index contributed by atoms with van der Waals surface area (Å²) < 4.78 is 1.97. The highest BCUT2D eigenvalue weighted by Crippen LogP contribution is 2.31. The molecule has 1 unspecified atom stereocenters. The Morgan fingerprint density at radius 2 is 1.92 bits per heavy atom. The van der Waals surface area contributed by atoms with Crippen LogP contribution in [0.3, 0.4) is 0 Å². The summed E-state index contributed by atoms with van der Waals surface area (Å²) in [5, 5.41) is 8.47. The van der Waals surface area contributed by atoms with Gasteiger partial charge in [0.2, 0.25) is 0 Å². The number of carbonyl (C=O) groups is 1. The van der Waals surface area contributed by atoms with E-state index in [0.29, 0.717) is 12.2 Å². The predicted molar refractivity (Wildman–Crippen MR) is 98.0 cm³/mol. The Hall–Kier alpha value is -3.02. The number of amides is 1. The molecule has 1 aromatic carbocycles. The minimum absolute atomic E-state index is 0.0407. The smallest absolute Gasteiger partial charge is 0.273 e. The van der Waals surface area contributed by atoms with Crippen molar-refractivity contribution in [2.75, 3.05) is 6.54 Å². The fraction of sp³-hybridized carbons (Fsp3) is 0.300. The Labute approximate surface area is 152 Å². The van der Waals surface area contributed by atoms with Crippen molar-refractivity contribution in [2.24, 2.45) is 0 Å². The van der Waals surface area contributed by atoms with Crippen LogP contribution in [0, 0.1) is 6.92 Å². The van der Waals surface area contributed by atoms with E-state index in [9.17, 15) is 4.79 Å². The highest BCUT2D eigenvalue weighted by atomic mass is 16.2. The molecule has 6 nitrogen and oxygen atoms in total. The SMILES string of the molecule is Cc1cccc(C(=O)N2CCCCC2c2nncn2-c2ccccc2)n1. The summed E-state index contributed by atoms with van der Waals surface area (Å²) in [5.74, 6) is 0.762. The molecule has 4 rings (SSSR count). The molecule has 0 saturated carbocycles. The van der Waals surface area contributed by atoms with Crippen LogP contribution in [-0.2, 0) is 0 Å². The number of aryl methyl sites for hydroxylation is 1. The maximum Gasteiger partial charge on any atom is 0.273 e. The van der Waals surface area contributed by atoms with Gasteiger partial charge in [-0.05, 0) is 50.5 Å². The molecule has 3 heterocycles. The lowest BCUT2D eigenvalue weighted by Gasteiger charge is -2.35. The molecule has 0 spiro atoms. The number of benzene rings is 1. The first-order chi connectivity index (χ1) is 12.7. The number of piperidine rings is 1. The van der Waals surface area contributed by atoms with Crippen LogP contribution in [0.4, 0.5) is 0 Å². The number of hydrogen-bond donors (Lipinski definition) is 0. The molecule has 3 aromatic rings. The standard InChI is InChI=1S/C20H21N5O/c1-15-8-7-11-17(22-15)20(26)24-13-6-5-12-18(24)19-23-21-14-25(19)16-9-3-2-4-10-16/h2-4,7-11,14,18H,5-6,12-13H2,1H3. The number of likely N-dealkylation sites (tertiary alicyclic amines) is 1. The predicted octanol–water partition coefficient (Wildman–Crippen LogP) is 3.34. The van der Waals surface area contributed by atoms with Gasteiger partial charge >= 0.3 is 0 Å². The zero-order chi connectivity index (χ0) is 17.9. The third kappa shape index (κ3) is 3.10. The summed E-state index contributed by atoms with van der Waals surface area (Å²) in [5.41, 5.74) is 2.33. The fourth-order valence-corrected chi connectivity index (χ4v) is 3.51. The van der Waals surface area contributed by atoms with Crippen molar-refractivity contribution >= 4 is 5.91 Å². The average Bonchev–Trinajstić information content (AvgIpc) is 3.18. The van der Waals surface area contributed by atoms with Crippen molar-refractivity contribution in [3.8, 4) is 5.69 Å². The second kappa shape index (κ2) is 7.07. The van der Waals surface area contributed by atoms with E-state index in [1.54, 1.807) is 12.4 Å². The lowest BCUT2D eigenvalue weighted by molar-refractivity contribution is 0.0591. The Kier molecular flexibility index (Phi) is 4.48. The monoisotopic (exact) mass is 347 g/mol. The minimum Gasteiger partial charge on any atom is -0.327 e. The van der Waals surface area contributed by atoms with Crippen LogP contribution in [0.2, 0.25) is 0 Å². The van der Waals surface area contributed by atoms with Crippen LogP contribution in [0.25, 0.3) is 5.69 Å². The molecule has 132 valence electrons. The van der Waals surface area contributed by atoms with Gasteiger partial charge in [-0.1, -0.05) is 24.3 Å². The van der Waals surface area contributed by atoms with Gasteiger partial charge in [0.1, 0.15) is 12.0 Å². The topological polar surface area (TPSA) is 63.9 Å². The fourth-order valence-electron chi connectivity index (χ4n) is 3.51. The maximum absolute atomic E-state index is 13.1. The first-order valence-corrected chi connectivity index (χ1v) is 8.94. The van der Waals surface area contributed by atoms with Gasteiger partial charge in [0.05, 0.1) is 6.04 Å². The van der Waals surface area contributed by atoms with Crippen molar-refractivity contribution in [1.29, 1.82) is 0 Å². The van der Waals surface area contributed by atoms with Gasteiger partial charge in [0.25, 0.3) is 5.91 Å². The van der Waals surface area contributed by atoms with E-state index in [2.05, 4.69) is 15.2 Å². The summed E-state index contributed by atoms with van der Waals surface area (Å²) in [6.45, 7) is 2.61. The molecule has 0 N–H and O–H groups in total. The van der Waals surface area contributed by atoms with Crippen LogP contribution in [0.1, 0.15) is 47.3 Å². The molecule has 1 saturated heterocycles. The number of rotatable bonds is 3. The molecule has 1 atom stereocenters. The van der Waals surface area contributed by atoms with Crippen LogP contribution in [0.15, 0.2) is 54.9 Å². The largest absolute Gasteiger partial charge is 0.327 e. The number of pyridine rings is 1. The van der Waals surface area contributed by atoms with E-state index in [-0.39, 0.29) is 11.9 Å². The third-order valence-electron chi connectivity index (χ3n) is 4.78. The zero-order valence-electron chi connectivity index (χ0n) is 14.7. The second-order valence-electron chi connectivity index (χ2n) is 6.57. The number of hydrogen-bond acceptors (Lipinski definition) is 4. The normalized spacial score (nSPS) is 17.3. The second-order valence-corrected chi connectivity index (χ2v) is 6.57. The highest BCUT2D eigenvalue weighted by Gasteiger charge is 2.32. The molecular weight excluding hydrogens is 326 g/mol. The lowest BCUT2D eigenvalue weighted by atomic mass is 10.0. The molecule has 1 amide bonds. The first-order valence-electron chi connectivity index (χ1n) is 8.94. The van der Waals surface area contributed by atoms with Gasteiger partial charge in [-0.3, -0.25) is 9.36 Å². The van der Waals surface area contributed by atoms with Crippen molar-refractivity contribution in [2.45, 2.75) is 32.2 Å². The molecule has 6 heteroatoms. The van der Waals surface area contributed by atoms with Crippen LogP contribution in [-0.4, -0.2) is 37.1 Å². The van der Waals surface area contributed by atoms with Crippen molar-refractivity contribution in [3.05, 3.63) is 72.1 Å². The van der Waals surface area contributed by atoms with E-state index >= 15 is 0 Å². The van der Waals surface area contributed by atoms with Crippen molar-refractivity contribution < 1.29 is 4.79 Å². The summed E-state index contributed by atoms with van der Waals surface area (Å²) in [7, 11) is 0. The first kappa shape index (κ1) is 16.4. The van der Waals surface area contributed by atoms with Crippen LogP contribution >= 0.6 is 0 Å². The molecule has 26 heavy (non-hydrogen) atoms. The highest BCUT2D eigenvalue weighted by molar-refractivity contribution is 5.92. The van der Waals surface area contributed by atoms with E-state index in [0.717, 1.165) is 36.5 Å². The van der Waals surface area contributed by atoms with Crippen molar-refractivity contribution in [3.63, 3.8) is 0 Å². The quantitative estimate of drug-likeness (QED) is 0.729. The van der Waals surface area contributed by atoms with E-state index in [1.165, 1.54) is 0 Å². The number of nitrogens with zero attached hydrogens (tertiary/aromatic N) is 5. The molecule has 2 aromatic heterocycles. The van der Waals surface area contributed by atoms with Gasteiger partial charge in [-0.2, -0.15) is 0 Å². The number of aromatic nitrogens is 4. The summed E-state index contributed by atoms with van der Waals surface area (Å²) in [6.07, 6.45) is 4.65. The van der Waals surface area contributed by atoms with Gasteiger partial charge in [0.15, 0.2) is 5.82 Å². The van der Waals surface area contributed by atoms with Gasteiger partial charge in [0, 0.05) is 17.9 Å². The number of carbonyl (C=O) groups excluding carboxylic acids is 1. The van der Waals surface area contributed by atoms with Gasteiger partial charge in [-0.15, -0.1) is 10.2 Å². The summed E-state index contributed by atoms with van der Waals surface area (Å²) >= 11 is 0. The van der Waals surface area contributed by atoms with Gasteiger partial charge in [-0.25, -0.2) is 4.98 Å². The Morgan fingerprint density at radius 1 is 1.08 bits per heavy atom. The van der Waals surface area contributed by atoms with E-state index in [4.69, 9.17) is 0 Å². The maximum atomic E-state index is 13.1. The Morgan fingerprint density at radius 3 is 2.73 bits per heavy atom. The number of para-hydroxylation sites is 1. The molecule has 0 radical (unpaired) electrons. The van der Waals surface area contributed by atoms with E-state index in [1.807, 2.05) is 58.9 Å². The third-order valence-corrected chi connectivity index (χ3v) is 4.78. The van der Waals surface area contributed by atoms with Crippen LogP contribution in [0.5, 0.6) is 0 Å². The minimum atomic E-state index is -0.0960. The molecular formula is C20H21N5O. The summed E-state index contributed by atoms with van der Waals surface area (Å²) in [4.78, 5) is 19.4. The molecule has 0 bridgehead atoms. The molecule has 1 aliphatic heterocycles. The summed E-state index contributed by atoms with van der Waals surface area (Å²) in [6, 6.07) is 15.4.